The van der Waals surface area contributed by atoms with E-state index >= 15 is 0 Å². The maximum absolute atomic E-state index is 11.8. The highest BCUT2D eigenvalue weighted by atomic mass is 32.2. The molecule has 2 heterocycles. The molecule has 1 aromatic heterocycles. The maximum Gasteiger partial charge on any atom is 0.302 e. The largest absolute Gasteiger partial charge is 0.302 e. The number of benzene rings is 1. The molecule has 0 radical (unpaired) electrons. The van der Waals surface area contributed by atoms with Gasteiger partial charge in [0.1, 0.15) is 12.3 Å². The monoisotopic (exact) mass is 329 g/mol. The fourth-order valence-electron chi connectivity index (χ4n) is 2.70. The van der Waals surface area contributed by atoms with E-state index < -0.39 is 10.0 Å². The van der Waals surface area contributed by atoms with E-state index in [0.29, 0.717) is 12.4 Å². The van der Waals surface area contributed by atoms with Crippen LogP contribution in [0.15, 0.2) is 42.6 Å². The Hall–Kier alpha value is -2.14. The van der Waals surface area contributed by atoms with Crippen molar-refractivity contribution in [2.45, 2.75) is 26.3 Å². The summed E-state index contributed by atoms with van der Waals surface area (Å²) in [7, 11) is -3.22. The van der Waals surface area contributed by atoms with Crippen molar-refractivity contribution in [2.24, 2.45) is 0 Å². The minimum atomic E-state index is -3.22. The van der Waals surface area contributed by atoms with Crippen LogP contribution in [0.3, 0.4) is 0 Å². The third kappa shape index (κ3) is 3.79. The zero-order valence-corrected chi connectivity index (χ0v) is 14.0. The zero-order chi connectivity index (χ0) is 16.3. The van der Waals surface area contributed by atoms with Gasteiger partial charge in [-0.15, -0.1) is 0 Å². The van der Waals surface area contributed by atoms with E-state index in [1.165, 1.54) is 5.56 Å². The van der Waals surface area contributed by atoms with Gasteiger partial charge in [0, 0.05) is 0 Å². The molecule has 0 amide bonds. The van der Waals surface area contributed by atoms with Crippen molar-refractivity contribution in [3.8, 4) is 0 Å². The number of aromatic nitrogens is 1. The SMILES string of the molecule is CCCc1ccc(/C=C/c2ccc[n+]3c2NS(=O)(=O)CC3)cc1. The van der Waals surface area contributed by atoms with Crippen LogP contribution in [0.25, 0.3) is 12.2 Å². The molecule has 23 heavy (non-hydrogen) atoms. The van der Waals surface area contributed by atoms with Gasteiger partial charge in [-0.2, -0.15) is 13.1 Å². The lowest BCUT2D eigenvalue weighted by atomic mass is 10.1. The lowest BCUT2D eigenvalue weighted by molar-refractivity contribution is -0.679. The Kier molecular flexibility index (Phi) is 4.48. The first kappa shape index (κ1) is 15.7. The number of hydrogen-bond donors (Lipinski definition) is 1. The number of sulfonamides is 1. The maximum atomic E-state index is 11.8. The number of anilines is 1. The Morgan fingerprint density at radius 2 is 1.96 bits per heavy atom. The summed E-state index contributed by atoms with van der Waals surface area (Å²) in [6, 6.07) is 12.3. The smallest absolute Gasteiger partial charge is 0.232 e. The topological polar surface area (TPSA) is 50.1 Å². The molecule has 1 N–H and O–H groups in total. The highest BCUT2D eigenvalue weighted by Crippen LogP contribution is 2.18. The standard InChI is InChI=1S/C18H20N2O2S/c1-2-4-15-6-8-16(9-7-15)10-11-17-5-3-12-20-13-14-23(21,22)19-18(17)20/h3,5-12H,2,4,13-14H2,1H3/p+1/b11-10+. The van der Waals surface area contributed by atoms with Gasteiger partial charge in [0.2, 0.25) is 0 Å². The molecule has 0 spiro atoms. The van der Waals surface area contributed by atoms with Crippen molar-refractivity contribution in [3.63, 3.8) is 0 Å². The Balaban J connectivity index is 1.86. The van der Waals surface area contributed by atoms with E-state index in [4.69, 9.17) is 0 Å². The molecule has 1 aromatic carbocycles. The highest BCUT2D eigenvalue weighted by Gasteiger charge is 2.28. The lowest BCUT2D eigenvalue weighted by Gasteiger charge is -2.14. The van der Waals surface area contributed by atoms with Gasteiger partial charge >= 0.3 is 10.0 Å². The molecule has 0 saturated heterocycles. The van der Waals surface area contributed by atoms with E-state index in [1.807, 2.05) is 35.0 Å². The van der Waals surface area contributed by atoms with Crippen molar-refractivity contribution < 1.29 is 13.0 Å². The van der Waals surface area contributed by atoms with Gasteiger partial charge < -0.3 is 0 Å². The van der Waals surface area contributed by atoms with Gasteiger partial charge in [-0.3, -0.25) is 0 Å². The van der Waals surface area contributed by atoms with Crippen molar-refractivity contribution >= 4 is 28.0 Å². The summed E-state index contributed by atoms with van der Waals surface area (Å²) in [6.45, 7) is 2.66. The Bertz CT molecular complexity index is 825. The van der Waals surface area contributed by atoms with Gasteiger partial charge in [0.05, 0.1) is 11.8 Å². The van der Waals surface area contributed by atoms with Crippen molar-refractivity contribution in [1.82, 2.24) is 0 Å². The molecule has 0 fully saturated rings. The number of nitrogens with one attached hydrogen (secondary N) is 1. The van der Waals surface area contributed by atoms with E-state index in [-0.39, 0.29) is 5.75 Å². The molecule has 120 valence electrons. The average Bonchev–Trinajstić information content (AvgIpc) is 2.54. The van der Waals surface area contributed by atoms with E-state index in [0.717, 1.165) is 24.0 Å². The molecule has 0 saturated carbocycles. The number of rotatable bonds is 4. The molecule has 5 heteroatoms. The van der Waals surface area contributed by atoms with Crippen LogP contribution < -0.4 is 9.29 Å². The molecule has 4 nitrogen and oxygen atoms in total. The molecule has 1 aliphatic heterocycles. The molecule has 1 aliphatic rings. The first-order chi connectivity index (χ1) is 11.1. The molecular formula is C18H21N2O2S+. The van der Waals surface area contributed by atoms with Gasteiger partial charge in [-0.05, 0) is 35.8 Å². The Morgan fingerprint density at radius 1 is 1.17 bits per heavy atom. The average molecular weight is 329 g/mol. The predicted molar refractivity (Wildman–Crippen MR) is 93.4 cm³/mol. The van der Waals surface area contributed by atoms with Crippen LogP contribution in [0.2, 0.25) is 0 Å². The van der Waals surface area contributed by atoms with E-state index in [1.54, 1.807) is 0 Å². The molecule has 3 rings (SSSR count). The molecule has 0 aliphatic carbocycles. The quantitative estimate of drug-likeness (QED) is 0.877. The molecule has 0 atom stereocenters. The third-order valence-corrected chi connectivity index (χ3v) is 5.15. The number of hydrogen-bond acceptors (Lipinski definition) is 2. The summed E-state index contributed by atoms with van der Waals surface area (Å²) in [5.41, 5.74) is 3.31. The van der Waals surface area contributed by atoms with Gasteiger partial charge in [-0.25, -0.2) is 4.57 Å². The first-order valence-electron chi connectivity index (χ1n) is 7.87. The predicted octanol–water partition coefficient (Wildman–Crippen LogP) is 2.85. The van der Waals surface area contributed by atoms with Crippen molar-refractivity contribution in [2.75, 3.05) is 10.5 Å². The Labute approximate surface area is 137 Å². The summed E-state index contributed by atoms with van der Waals surface area (Å²) in [5.74, 6) is 0.758. The van der Waals surface area contributed by atoms with Crippen molar-refractivity contribution in [3.05, 3.63) is 59.3 Å². The fraction of sp³-hybridized carbons (Fsp3) is 0.278. The lowest BCUT2D eigenvalue weighted by Crippen LogP contribution is -2.47. The van der Waals surface area contributed by atoms with E-state index in [2.05, 4.69) is 35.9 Å². The van der Waals surface area contributed by atoms with Crippen LogP contribution >= 0.6 is 0 Å². The fourth-order valence-corrected chi connectivity index (χ4v) is 3.76. The Morgan fingerprint density at radius 3 is 2.70 bits per heavy atom. The summed E-state index contributed by atoms with van der Waals surface area (Å²) in [4.78, 5) is 0. The zero-order valence-electron chi connectivity index (χ0n) is 13.2. The van der Waals surface area contributed by atoms with Crippen LogP contribution in [0.4, 0.5) is 5.82 Å². The van der Waals surface area contributed by atoms with Crippen molar-refractivity contribution in [1.29, 1.82) is 0 Å². The molecule has 2 aromatic rings. The second kappa shape index (κ2) is 6.54. The summed E-state index contributed by atoms with van der Waals surface area (Å²) >= 11 is 0. The number of pyridine rings is 1. The van der Waals surface area contributed by atoms with Crippen LogP contribution in [0.1, 0.15) is 30.0 Å². The molecule has 0 unspecified atom stereocenters. The minimum absolute atomic E-state index is 0.122. The number of nitrogens with zero attached hydrogens (tertiary/aromatic N) is 1. The third-order valence-electron chi connectivity index (χ3n) is 3.93. The first-order valence-corrected chi connectivity index (χ1v) is 9.52. The van der Waals surface area contributed by atoms with Crippen LogP contribution in [0.5, 0.6) is 0 Å². The van der Waals surface area contributed by atoms with Gasteiger partial charge in [0.25, 0.3) is 5.82 Å². The summed E-state index contributed by atoms with van der Waals surface area (Å²) in [5, 5.41) is 0. The van der Waals surface area contributed by atoms with Gasteiger partial charge in [-0.1, -0.05) is 43.7 Å². The van der Waals surface area contributed by atoms with Crippen LogP contribution in [-0.2, 0) is 23.0 Å². The van der Waals surface area contributed by atoms with Crippen LogP contribution in [-0.4, -0.2) is 14.2 Å². The number of fused-ring (bicyclic) bond motifs is 1. The summed E-state index contributed by atoms with van der Waals surface area (Å²) < 4.78 is 28.2. The normalized spacial score (nSPS) is 16.0. The highest BCUT2D eigenvalue weighted by molar-refractivity contribution is 7.92. The molecular weight excluding hydrogens is 308 g/mol. The van der Waals surface area contributed by atoms with Gasteiger partial charge in [0.15, 0.2) is 0 Å². The molecule has 0 bridgehead atoms. The number of aryl methyl sites for hydroxylation is 2. The second-order valence-electron chi connectivity index (χ2n) is 5.75. The summed E-state index contributed by atoms with van der Waals surface area (Å²) in [6.07, 6.45) is 8.09. The second-order valence-corrected chi connectivity index (χ2v) is 7.59. The van der Waals surface area contributed by atoms with Crippen LogP contribution in [0, 0.1) is 0 Å². The minimum Gasteiger partial charge on any atom is -0.232 e. The van der Waals surface area contributed by atoms with E-state index in [9.17, 15) is 8.42 Å².